The van der Waals surface area contributed by atoms with Crippen LogP contribution in [0.3, 0.4) is 0 Å². The van der Waals surface area contributed by atoms with Gasteiger partial charge in [0.25, 0.3) is 5.91 Å². The number of amides is 2. The van der Waals surface area contributed by atoms with Crippen LogP contribution in [0.2, 0.25) is 0 Å². The molecule has 21 heavy (non-hydrogen) atoms. The van der Waals surface area contributed by atoms with Crippen LogP contribution in [0.5, 0.6) is 0 Å². The first kappa shape index (κ1) is 19.4. The summed E-state index contributed by atoms with van der Waals surface area (Å²) in [6, 6.07) is -1.19. The maximum atomic E-state index is 12.0. The summed E-state index contributed by atoms with van der Waals surface area (Å²) in [6.45, 7) is 7.25. The number of carbonyl (C=O) groups is 3. The number of hydrogen-bond acceptors (Lipinski definition) is 4. The number of hydrogen-bond donors (Lipinski definition) is 3. The Morgan fingerprint density at radius 3 is 1.95 bits per heavy atom. The SMILES string of the molecule is CC(C)C[C@H](NC(=O)[C@@H]([NH3+])CC(C)C)C(=O)NCC(=O)[O-]. The molecule has 0 aromatic carbocycles. The Hall–Kier alpha value is -1.63. The maximum absolute atomic E-state index is 12.0. The lowest BCUT2D eigenvalue weighted by Crippen LogP contribution is -2.69. The minimum absolute atomic E-state index is 0.178. The molecule has 0 radical (unpaired) electrons. The average Bonchev–Trinajstić information content (AvgIpc) is 2.33. The predicted molar refractivity (Wildman–Crippen MR) is 75.5 cm³/mol. The molecule has 0 unspecified atom stereocenters. The molecule has 2 amide bonds. The first-order valence-corrected chi connectivity index (χ1v) is 7.24. The van der Waals surface area contributed by atoms with Gasteiger partial charge in [0.1, 0.15) is 6.04 Å². The molecular weight excluding hydrogens is 274 g/mol. The van der Waals surface area contributed by atoms with E-state index < -0.39 is 30.5 Å². The number of nitrogens with one attached hydrogen (secondary N) is 2. The van der Waals surface area contributed by atoms with Crippen molar-refractivity contribution in [2.45, 2.75) is 52.6 Å². The molecule has 0 bridgehead atoms. The van der Waals surface area contributed by atoms with Crippen molar-refractivity contribution in [3.05, 3.63) is 0 Å². The summed E-state index contributed by atoms with van der Waals surface area (Å²) < 4.78 is 0. The molecule has 7 heteroatoms. The Balaban J connectivity index is 4.64. The highest BCUT2D eigenvalue weighted by atomic mass is 16.4. The van der Waals surface area contributed by atoms with E-state index in [1.807, 2.05) is 27.7 Å². The van der Waals surface area contributed by atoms with Crippen molar-refractivity contribution in [2.75, 3.05) is 6.54 Å². The van der Waals surface area contributed by atoms with E-state index in [0.717, 1.165) is 0 Å². The van der Waals surface area contributed by atoms with Gasteiger partial charge in [-0.25, -0.2) is 0 Å². The number of carbonyl (C=O) groups excluding carboxylic acids is 3. The molecule has 2 atom stereocenters. The van der Waals surface area contributed by atoms with Crippen molar-refractivity contribution in [1.82, 2.24) is 10.6 Å². The Bertz CT molecular complexity index is 369. The van der Waals surface area contributed by atoms with E-state index in [9.17, 15) is 19.5 Å². The van der Waals surface area contributed by atoms with E-state index >= 15 is 0 Å². The van der Waals surface area contributed by atoms with Crippen molar-refractivity contribution in [3.8, 4) is 0 Å². The third-order valence-corrected chi connectivity index (χ3v) is 2.87. The third kappa shape index (κ3) is 9.01. The van der Waals surface area contributed by atoms with Gasteiger partial charge in [-0.05, 0) is 18.3 Å². The zero-order valence-corrected chi connectivity index (χ0v) is 13.3. The number of carboxylic acid groups (broad SMARTS) is 1. The van der Waals surface area contributed by atoms with Gasteiger partial charge in [0, 0.05) is 6.42 Å². The highest BCUT2D eigenvalue weighted by Gasteiger charge is 2.26. The summed E-state index contributed by atoms with van der Waals surface area (Å²) in [5.74, 6) is -1.67. The lowest BCUT2D eigenvalue weighted by atomic mass is 10.0. The first-order valence-electron chi connectivity index (χ1n) is 7.24. The van der Waals surface area contributed by atoms with Gasteiger partial charge in [-0.15, -0.1) is 0 Å². The van der Waals surface area contributed by atoms with Crippen molar-refractivity contribution in [2.24, 2.45) is 11.8 Å². The van der Waals surface area contributed by atoms with Crippen LogP contribution in [0, 0.1) is 11.8 Å². The molecule has 0 aromatic rings. The van der Waals surface area contributed by atoms with Crippen molar-refractivity contribution in [3.63, 3.8) is 0 Å². The Labute approximate surface area is 125 Å². The summed E-state index contributed by atoms with van der Waals surface area (Å²) in [7, 11) is 0. The Morgan fingerprint density at radius 2 is 1.52 bits per heavy atom. The first-order chi connectivity index (χ1) is 9.63. The summed E-state index contributed by atoms with van der Waals surface area (Å²) in [5.41, 5.74) is 3.80. The van der Waals surface area contributed by atoms with Gasteiger partial charge in [-0.2, -0.15) is 0 Å². The number of carboxylic acids is 1. The summed E-state index contributed by atoms with van der Waals surface area (Å²) in [5, 5.41) is 15.3. The molecule has 0 spiro atoms. The van der Waals surface area contributed by atoms with Crippen LogP contribution in [-0.4, -0.2) is 36.4 Å². The molecule has 0 aliphatic rings. The largest absolute Gasteiger partial charge is 0.548 e. The molecule has 0 fully saturated rings. The topological polar surface area (TPSA) is 126 Å². The minimum Gasteiger partial charge on any atom is -0.548 e. The van der Waals surface area contributed by atoms with Gasteiger partial charge < -0.3 is 26.3 Å². The second kappa shape index (κ2) is 9.33. The van der Waals surface area contributed by atoms with Gasteiger partial charge in [-0.1, -0.05) is 27.7 Å². The molecule has 0 aromatic heterocycles. The smallest absolute Gasteiger partial charge is 0.278 e. The maximum Gasteiger partial charge on any atom is 0.278 e. The van der Waals surface area contributed by atoms with Crippen LogP contribution in [-0.2, 0) is 14.4 Å². The quantitative estimate of drug-likeness (QED) is 0.457. The molecule has 122 valence electrons. The molecule has 0 saturated heterocycles. The third-order valence-electron chi connectivity index (χ3n) is 2.87. The monoisotopic (exact) mass is 301 g/mol. The van der Waals surface area contributed by atoms with Crippen LogP contribution in [0.1, 0.15) is 40.5 Å². The fraction of sp³-hybridized carbons (Fsp3) is 0.786. The van der Waals surface area contributed by atoms with E-state index in [4.69, 9.17) is 0 Å². The lowest BCUT2D eigenvalue weighted by molar-refractivity contribution is -0.406. The standard InChI is InChI=1S/C14H27N3O4/c1-8(2)5-10(15)13(20)17-11(6-9(3)4)14(21)16-7-12(18)19/h8-11H,5-7,15H2,1-4H3,(H,16,21)(H,17,20)(H,18,19)/t10-,11-/m0/s1. The van der Waals surface area contributed by atoms with Gasteiger partial charge in [0.2, 0.25) is 5.91 Å². The highest BCUT2D eigenvalue weighted by Crippen LogP contribution is 2.07. The molecule has 5 N–H and O–H groups in total. The lowest BCUT2D eigenvalue weighted by Gasteiger charge is -2.21. The van der Waals surface area contributed by atoms with Crippen LogP contribution in [0.25, 0.3) is 0 Å². The van der Waals surface area contributed by atoms with Crippen molar-refractivity contribution >= 4 is 17.8 Å². The zero-order valence-electron chi connectivity index (χ0n) is 13.3. The average molecular weight is 301 g/mol. The van der Waals surface area contributed by atoms with Crippen LogP contribution >= 0.6 is 0 Å². The summed E-state index contributed by atoms with van der Waals surface area (Å²) in [6.07, 6.45) is 1.06. The van der Waals surface area contributed by atoms with Gasteiger partial charge in [0.15, 0.2) is 6.04 Å². The van der Waals surface area contributed by atoms with E-state index in [1.54, 1.807) is 0 Å². The normalized spacial score (nSPS) is 13.9. The zero-order chi connectivity index (χ0) is 16.6. The second-order valence-corrected chi connectivity index (χ2v) is 6.11. The van der Waals surface area contributed by atoms with Gasteiger partial charge in [-0.3, -0.25) is 9.59 Å². The Morgan fingerprint density at radius 1 is 1.00 bits per heavy atom. The number of quaternary nitrogens is 1. The molecule has 7 nitrogen and oxygen atoms in total. The number of rotatable bonds is 9. The molecule has 0 aliphatic carbocycles. The van der Waals surface area contributed by atoms with E-state index in [2.05, 4.69) is 16.4 Å². The van der Waals surface area contributed by atoms with Crippen LogP contribution < -0.4 is 21.5 Å². The number of aliphatic carboxylic acids is 1. The minimum atomic E-state index is -1.37. The molecule has 0 heterocycles. The molecular formula is C14H27N3O4. The van der Waals surface area contributed by atoms with E-state index in [0.29, 0.717) is 18.8 Å². The van der Waals surface area contributed by atoms with E-state index in [-0.39, 0.29) is 11.8 Å². The molecule has 0 aliphatic heterocycles. The summed E-state index contributed by atoms with van der Waals surface area (Å²) >= 11 is 0. The fourth-order valence-electron chi connectivity index (χ4n) is 1.95. The Kier molecular flexibility index (Phi) is 8.61. The highest BCUT2D eigenvalue weighted by molar-refractivity contribution is 5.90. The fourth-order valence-corrected chi connectivity index (χ4v) is 1.95. The van der Waals surface area contributed by atoms with Crippen LogP contribution in [0.4, 0.5) is 0 Å². The summed E-state index contributed by atoms with van der Waals surface area (Å²) in [4.78, 5) is 34.3. The van der Waals surface area contributed by atoms with Crippen molar-refractivity contribution in [1.29, 1.82) is 0 Å². The molecule has 0 rings (SSSR count). The predicted octanol–water partition coefficient (Wildman–Crippen LogP) is -1.96. The molecule has 0 saturated carbocycles. The van der Waals surface area contributed by atoms with Gasteiger partial charge in [0.05, 0.1) is 12.5 Å². The van der Waals surface area contributed by atoms with Crippen molar-refractivity contribution < 1.29 is 25.2 Å². The van der Waals surface area contributed by atoms with E-state index in [1.165, 1.54) is 0 Å². The van der Waals surface area contributed by atoms with Gasteiger partial charge >= 0.3 is 0 Å². The second-order valence-electron chi connectivity index (χ2n) is 6.11. The van der Waals surface area contributed by atoms with Crippen LogP contribution in [0.15, 0.2) is 0 Å².